The molecule has 2 aromatic carbocycles. The maximum absolute atomic E-state index is 13.9. The fourth-order valence-corrected chi connectivity index (χ4v) is 6.64. The molecule has 212 valence electrons. The number of nitrogens with one attached hydrogen (secondary N) is 1. The lowest BCUT2D eigenvalue weighted by Crippen LogP contribution is -2.27. The first kappa shape index (κ1) is 27.6. The number of carbonyl (C=O) groups is 2. The Bertz CT molecular complexity index is 1580. The third kappa shape index (κ3) is 6.54. The predicted octanol–water partition coefficient (Wildman–Crippen LogP) is 9.66. The molecule has 0 aliphatic heterocycles. The van der Waals surface area contributed by atoms with Crippen LogP contribution in [0.4, 0.5) is 10.5 Å². The number of aromatic nitrogens is 1. The van der Waals surface area contributed by atoms with E-state index in [0.717, 1.165) is 39.7 Å². The number of carbonyl (C=O) groups excluding carboxylic acids is 2. The lowest BCUT2D eigenvalue weighted by atomic mass is 9.86. The van der Waals surface area contributed by atoms with Crippen LogP contribution in [-0.4, -0.2) is 22.5 Å². The largest absolute Gasteiger partial charge is 0.444 e. The van der Waals surface area contributed by atoms with Crippen LogP contribution in [0.25, 0.3) is 21.3 Å². The molecule has 0 saturated heterocycles. The Balaban J connectivity index is 1.32. The van der Waals surface area contributed by atoms with E-state index in [2.05, 4.69) is 29.6 Å². The van der Waals surface area contributed by atoms with Crippen LogP contribution in [-0.2, 0) is 11.2 Å². The van der Waals surface area contributed by atoms with Crippen LogP contribution in [0.3, 0.4) is 0 Å². The molecule has 2 saturated carbocycles. The molecule has 0 spiro atoms. The molecule has 1 N–H and O–H groups in total. The summed E-state index contributed by atoms with van der Waals surface area (Å²) in [5.41, 5.74) is 5.96. The smallest absolute Gasteiger partial charge is 0.412 e. The fraction of sp³-hybridized carbons (Fsp3) is 0.400. The average molecular weight is 567 g/mol. The second kappa shape index (κ2) is 11.4. The number of hydrogen-bond donors (Lipinski definition) is 1. The van der Waals surface area contributed by atoms with Gasteiger partial charge in [0.1, 0.15) is 5.60 Å². The number of fused-ring (bicyclic) bond motifs is 1. The first-order valence-corrected chi connectivity index (χ1v) is 15.8. The van der Waals surface area contributed by atoms with Crippen LogP contribution in [0.15, 0.2) is 60.0 Å². The van der Waals surface area contributed by atoms with Crippen LogP contribution in [0.1, 0.15) is 105 Å². The molecular formula is C35H38N2O3S. The Kier molecular flexibility index (Phi) is 7.69. The zero-order valence-electron chi connectivity index (χ0n) is 24.2. The summed E-state index contributed by atoms with van der Waals surface area (Å²) in [6.45, 7) is 5.50. The van der Waals surface area contributed by atoms with E-state index >= 15 is 0 Å². The molecule has 41 heavy (non-hydrogen) atoms. The Hall–Kier alpha value is -3.51. The number of Topliss-reactive ketones (excluding diaryl/α,β-unsaturated/α-hetero) is 1. The topological polar surface area (TPSA) is 68.3 Å². The van der Waals surface area contributed by atoms with Gasteiger partial charge in [0.15, 0.2) is 5.78 Å². The highest BCUT2D eigenvalue weighted by Gasteiger charge is 2.28. The number of amides is 1. The van der Waals surface area contributed by atoms with Crippen molar-refractivity contribution in [3.05, 3.63) is 82.4 Å². The summed E-state index contributed by atoms with van der Waals surface area (Å²) >= 11 is 1.65. The summed E-state index contributed by atoms with van der Waals surface area (Å²) in [6, 6.07) is 18.4. The molecule has 2 heterocycles. The summed E-state index contributed by atoms with van der Waals surface area (Å²) in [4.78, 5) is 32.8. The van der Waals surface area contributed by atoms with Gasteiger partial charge in [0.05, 0.1) is 5.52 Å². The maximum atomic E-state index is 13.9. The van der Waals surface area contributed by atoms with Crippen LogP contribution in [0, 0.1) is 0 Å². The van der Waals surface area contributed by atoms with Crippen molar-refractivity contribution in [1.82, 2.24) is 4.98 Å². The van der Waals surface area contributed by atoms with Crippen molar-refractivity contribution in [2.24, 2.45) is 0 Å². The molecule has 0 radical (unpaired) electrons. The number of ether oxygens (including phenoxy) is 1. The van der Waals surface area contributed by atoms with Crippen molar-refractivity contribution in [1.29, 1.82) is 0 Å². The molecule has 1 amide bonds. The van der Waals surface area contributed by atoms with Crippen molar-refractivity contribution < 1.29 is 14.3 Å². The van der Waals surface area contributed by atoms with Crippen molar-refractivity contribution in [3.63, 3.8) is 0 Å². The second-order valence-electron chi connectivity index (χ2n) is 12.6. The molecule has 0 atom stereocenters. The zero-order valence-corrected chi connectivity index (χ0v) is 25.0. The third-order valence-electron chi connectivity index (χ3n) is 8.10. The Morgan fingerprint density at radius 3 is 2.46 bits per heavy atom. The van der Waals surface area contributed by atoms with Gasteiger partial charge >= 0.3 is 6.09 Å². The van der Waals surface area contributed by atoms with E-state index in [0.29, 0.717) is 23.1 Å². The average Bonchev–Trinajstić information content (AvgIpc) is 3.65. The lowest BCUT2D eigenvalue weighted by Gasteiger charge is -2.22. The molecule has 2 aliphatic carbocycles. The summed E-state index contributed by atoms with van der Waals surface area (Å²) in [6.07, 6.45) is 8.27. The minimum absolute atomic E-state index is 0.0284. The minimum atomic E-state index is -0.619. The minimum Gasteiger partial charge on any atom is -0.444 e. The van der Waals surface area contributed by atoms with E-state index in [1.807, 2.05) is 56.5 Å². The fourth-order valence-electron chi connectivity index (χ4n) is 5.92. The third-order valence-corrected chi connectivity index (χ3v) is 9.02. The molecule has 0 unspecified atom stereocenters. The van der Waals surface area contributed by atoms with Gasteiger partial charge in [-0.15, -0.1) is 11.3 Å². The van der Waals surface area contributed by atoms with Crippen molar-refractivity contribution in [2.75, 3.05) is 5.32 Å². The van der Waals surface area contributed by atoms with E-state index in [4.69, 9.17) is 9.72 Å². The molecule has 6 heteroatoms. The van der Waals surface area contributed by atoms with Gasteiger partial charge in [0.25, 0.3) is 0 Å². The van der Waals surface area contributed by atoms with Crippen LogP contribution >= 0.6 is 11.3 Å². The van der Waals surface area contributed by atoms with Gasteiger partial charge in [-0.05, 0) is 111 Å². The molecule has 5 nitrogen and oxygen atoms in total. The van der Waals surface area contributed by atoms with Crippen molar-refractivity contribution >= 4 is 39.8 Å². The quantitative estimate of drug-likeness (QED) is 0.226. The summed E-state index contributed by atoms with van der Waals surface area (Å²) < 4.78 is 5.50. The van der Waals surface area contributed by atoms with Gasteiger partial charge in [0, 0.05) is 39.5 Å². The number of thiophene rings is 1. The maximum Gasteiger partial charge on any atom is 0.412 e. The standard InChI is InChI=1S/C35H38N2O3S/c1-35(2,3)40-34(39)37-30-15-13-24(32-10-7-17-41-32)18-26(30)21-31(38)27-19-25-14-16-29(23-8-5-4-6-9-23)36-33(25)28(20-27)22-11-12-22/h7,10,13-20,22-23H,4-6,8-9,11-12,21H2,1-3H3,(H,37,39). The highest BCUT2D eigenvalue weighted by molar-refractivity contribution is 7.13. The van der Waals surface area contributed by atoms with E-state index < -0.39 is 11.7 Å². The van der Waals surface area contributed by atoms with Gasteiger partial charge in [0.2, 0.25) is 0 Å². The highest BCUT2D eigenvalue weighted by Crippen LogP contribution is 2.44. The number of anilines is 1. The highest BCUT2D eigenvalue weighted by atomic mass is 32.1. The number of benzene rings is 2. The van der Waals surface area contributed by atoms with Crippen LogP contribution in [0.2, 0.25) is 0 Å². The van der Waals surface area contributed by atoms with Crippen LogP contribution < -0.4 is 5.32 Å². The summed E-state index contributed by atoms with van der Waals surface area (Å²) in [7, 11) is 0. The first-order chi connectivity index (χ1) is 19.7. The molecule has 2 fully saturated rings. The lowest BCUT2D eigenvalue weighted by molar-refractivity contribution is 0.0635. The second-order valence-corrected chi connectivity index (χ2v) is 13.5. The van der Waals surface area contributed by atoms with E-state index in [1.165, 1.54) is 43.4 Å². The molecule has 4 aromatic rings. The van der Waals surface area contributed by atoms with E-state index in [9.17, 15) is 9.59 Å². The number of rotatable bonds is 7. The number of pyridine rings is 1. The Morgan fingerprint density at radius 2 is 1.76 bits per heavy atom. The van der Waals surface area contributed by atoms with Gasteiger partial charge in [-0.2, -0.15) is 0 Å². The van der Waals surface area contributed by atoms with Gasteiger partial charge in [-0.25, -0.2) is 4.79 Å². The van der Waals surface area contributed by atoms with E-state index in [1.54, 1.807) is 11.3 Å². The Labute approximate surface area is 246 Å². The summed E-state index contributed by atoms with van der Waals surface area (Å²) in [5.74, 6) is 1.06. The van der Waals surface area contributed by atoms with E-state index in [-0.39, 0.29) is 12.2 Å². The molecular weight excluding hydrogens is 528 g/mol. The normalized spacial score (nSPS) is 16.1. The molecule has 6 rings (SSSR count). The molecule has 2 aromatic heterocycles. The number of ketones is 1. The van der Waals surface area contributed by atoms with Gasteiger partial charge in [-0.3, -0.25) is 15.1 Å². The Morgan fingerprint density at radius 1 is 0.951 bits per heavy atom. The SMILES string of the molecule is CC(C)(C)OC(=O)Nc1ccc(-c2cccs2)cc1CC(=O)c1cc(C2CC2)c2nc(C3CCCCC3)ccc2c1. The monoisotopic (exact) mass is 566 g/mol. The number of nitrogens with zero attached hydrogens (tertiary/aromatic N) is 1. The van der Waals surface area contributed by atoms with Crippen molar-refractivity contribution in [2.45, 2.75) is 89.6 Å². The molecule has 0 bridgehead atoms. The summed E-state index contributed by atoms with van der Waals surface area (Å²) in [5, 5.41) is 5.96. The predicted molar refractivity (Wildman–Crippen MR) is 167 cm³/mol. The molecule has 2 aliphatic rings. The van der Waals surface area contributed by atoms with Gasteiger partial charge in [-0.1, -0.05) is 37.5 Å². The van der Waals surface area contributed by atoms with Crippen molar-refractivity contribution in [3.8, 4) is 10.4 Å². The first-order valence-electron chi connectivity index (χ1n) is 14.9. The zero-order chi connectivity index (χ0) is 28.6. The van der Waals surface area contributed by atoms with Gasteiger partial charge < -0.3 is 4.74 Å². The van der Waals surface area contributed by atoms with Crippen LogP contribution in [0.5, 0.6) is 0 Å². The number of hydrogen-bond acceptors (Lipinski definition) is 5.